The van der Waals surface area contributed by atoms with Crippen LogP contribution in [-0.2, 0) is 17.1 Å². The molecule has 4 heterocycles. The molecule has 1 saturated heterocycles. The Kier molecular flexibility index (Phi) is 8.52. The number of nitrogens with one attached hydrogen (secondary N) is 1. The van der Waals surface area contributed by atoms with Crippen LogP contribution in [0.5, 0.6) is 0 Å². The summed E-state index contributed by atoms with van der Waals surface area (Å²) < 4.78 is 36.4. The maximum absolute atomic E-state index is 14.2. The van der Waals surface area contributed by atoms with Gasteiger partial charge in [-0.25, -0.2) is 13.5 Å². The maximum atomic E-state index is 14.2. The van der Waals surface area contributed by atoms with Crippen LogP contribution < -0.4 is 5.32 Å². The van der Waals surface area contributed by atoms with E-state index in [2.05, 4.69) is 71.1 Å². The second-order valence-electron chi connectivity index (χ2n) is 12.9. The molecule has 2 aromatic heterocycles. The van der Waals surface area contributed by atoms with Crippen LogP contribution in [0.1, 0.15) is 11.3 Å². The minimum Gasteiger partial charge on any atom is -0.360 e. The normalized spacial score (nSPS) is 19.7. The van der Waals surface area contributed by atoms with Crippen LogP contribution in [0.25, 0.3) is 27.7 Å². The van der Waals surface area contributed by atoms with E-state index in [0.717, 1.165) is 66.1 Å². The van der Waals surface area contributed by atoms with Gasteiger partial charge in [0.25, 0.3) is 0 Å². The lowest BCUT2D eigenvalue weighted by atomic mass is 9.93. The van der Waals surface area contributed by atoms with Crippen LogP contribution in [0.2, 0.25) is 25.7 Å². The Hall–Kier alpha value is -3.70. The van der Waals surface area contributed by atoms with Gasteiger partial charge in [-0.1, -0.05) is 31.8 Å². The zero-order chi connectivity index (χ0) is 30.9. The van der Waals surface area contributed by atoms with E-state index in [0.29, 0.717) is 24.5 Å². The van der Waals surface area contributed by atoms with E-state index in [4.69, 9.17) is 9.84 Å². The first kappa shape index (κ1) is 30.3. The van der Waals surface area contributed by atoms with E-state index in [1.165, 1.54) is 12.1 Å². The van der Waals surface area contributed by atoms with E-state index < -0.39 is 25.4 Å². The minimum atomic E-state index is -1.25. The molecule has 1 atom stereocenters. The van der Waals surface area contributed by atoms with Crippen LogP contribution in [0, 0.1) is 11.6 Å². The predicted octanol–water partition coefficient (Wildman–Crippen LogP) is 6.29. The van der Waals surface area contributed by atoms with Crippen molar-refractivity contribution in [2.24, 2.45) is 0 Å². The SMILES string of the molecule is CN1CCN(C2(c3ccncc3)C=CC=C(c3nn(COCC[Si](C)(C)C)c4ccc(-c5cc(F)cc(F)c5)cc34)N2)CC1. The van der Waals surface area contributed by atoms with Gasteiger partial charge in [0.1, 0.15) is 29.7 Å². The molecule has 0 radical (unpaired) electrons. The van der Waals surface area contributed by atoms with Crippen molar-refractivity contribution < 1.29 is 13.5 Å². The van der Waals surface area contributed by atoms with Gasteiger partial charge in [-0.2, -0.15) is 5.10 Å². The third kappa shape index (κ3) is 6.39. The van der Waals surface area contributed by atoms with Gasteiger partial charge in [-0.3, -0.25) is 9.88 Å². The summed E-state index contributed by atoms with van der Waals surface area (Å²) in [5.41, 5.74) is 4.18. The standard InChI is InChI=1S/C34H40F2N6OSi/c1-40-14-16-41(17-15-40)34(27-9-12-37-13-10-27)11-5-6-31(38-34)33-30-22-25(26-20-28(35)23-29(36)21-26)7-8-32(30)42(39-33)24-43-18-19-44(2,3)4/h5-13,20-23,38H,14-19,24H2,1-4H3. The first-order chi connectivity index (χ1) is 21.1. The first-order valence-corrected chi connectivity index (χ1v) is 18.9. The maximum Gasteiger partial charge on any atom is 0.140 e. The average Bonchev–Trinajstić information content (AvgIpc) is 3.37. The summed E-state index contributed by atoms with van der Waals surface area (Å²) in [6.07, 6.45) is 9.99. The Balaban J connectivity index is 1.42. The Morgan fingerprint density at radius 1 is 0.932 bits per heavy atom. The van der Waals surface area contributed by atoms with Crippen LogP contribution in [-0.4, -0.2) is 72.5 Å². The van der Waals surface area contributed by atoms with Crippen molar-refractivity contribution in [2.75, 3.05) is 39.8 Å². The highest BCUT2D eigenvalue weighted by molar-refractivity contribution is 6.76. The van der Waals surface area contributed by atoms with Crippen LogP contribution in [0.15, 0.2) is 79.2 Å². The Bertz CT molecular complexity index is 1670. The van der Waals surface area contributed by atoms with E-state index in [9.17, 15) is 8.78 Å². The molecule has 6 rings (SSSR count). The number of pyridine rings is 1. The lowest BCUT2D eigenvalue weighted by Gasteiger charge is -2.48. The lowest BCUT2D eigenvalue weighted by molar-refractivity contribution is 0.0551. The second-order valence-corrected chi connectivity index (χ2v) is 18.6. The zero-order valence-electron chi connectivity index (χ0n) is 25.9. The van der Waals surface area contributed by atoms with E-state index in [1.54, 1.807) is 0 Å². The fourth-order valence-corrected chi connectivity index (χ4v) is 6.67. The van der Waals surface area contributed by atoms with Crippen molar-refractivity contribution in [1.29, 1.82) is 0 Å². The van der Waals surface area contributed by atoms with Crippen molar-refractivity contribution in [3.05, 3.63) is 102 Å². The largest absolute Gasteiger partial charge is 0.360 e. The molecule has 0 saturated carbocycles. The molecule has 7 nitrogen and oxygen atoms in total. The molecule has 2 aliphatic heterocycles. The quantitative estimate of drug-likeness (QED) is 0.177. The van der Waals surface area contributed by atoms with Gasteiger partial charge in [-0.05, 0) is 78.3 Å². The second kappa shape index (κ2) is 12.4. The smallest absolute Gasteiger partial charge is 0.140 e. The van der Waals surface area contributed by atoms with Crippen LogP contribution in [0.4, 0.5) is 8.78 Å². The molecule has 1 unspecified atom stereocenters. The number of benzene rings is 2. The third-order valence-corrected chi connectivity index (χ3v) is 10.2. The molecule has 2 aliphatic rings. The molecule has 0 amide bonds. The number of nitrogens with zero attached hydrogens (tertiary/aromatic N) is 5. The highest BCUT2D eigenvalue weighted by Gasteiger charge is 2.40. The molecule has 1 N–H and O–H groups in total. The number of aromatic nitrogens is 3. The number of halogens is 2. The van der Waals surface area contributed by atoms with Gasteiger partial charge in [0, 0.05) is 64.7 Å². The monoisotopic (exact) mass is 614 g/mol. The van der Waals surface area contributed by atoms with Gasteiger partial charge in [-0.15, -0.1) is 0 Å². The van der Waals surface area contributed by atoms with Crippen molar-refractivity contribution in [3.8, 4) is 11.1 Å². The van der Waals surface area contributed by atoms with E-state index in [1.807, 2.05) is 41.4 Å². The molecule has 44 heavy (non-hydrogen) atoms. The van der Waals surface area contributed by atoms with Crippen LogP contribution >= 0.6 is 0 Å². The number of ether oxygens (including phenoxy) is 1. The number of dihydropyridines is 1. The Morgan fingerprint density at radius 3 is 2.36 bits per heavy atom. The molecule has 1 fully saturated rings. The molecule has 230 valence electrons. The Morgan fingerprint density at radius 2 is 1.66 bits per heavy atom. The topological polar surface area (TPSA) is 58.5 Å². The molecule has 0 aliphatic carbocycles. The fourth-order valence-electron chi connectivity index (χ4n) is 5.92. The van der Waals surface area contributed by atoms with Crippen molar-refractivity contribution in [1.82, 2.24) is 29.9 Å². The molecule has 2 aromatic carbocycles. The summed E-state index contributed by atoms with van der Waals surface area (Å²) in [6, 6.07) is 14.6. The summed E-state index contributed by atoms with van der Waals surface area (Å²) in [4.78, 5) is 9.08. The summed E-state index contributed by atoms with van der Waals surface area (Å²) in [7, 11) is 0.902. The number of hydrogen-bond donors (Lipinski definition) is 1. The summed E-state index contributed by atoms with van der Waals surface area (Å²) in [5, 5.41) is 9.83. The van der Waals surface area contributed by atoms with E-state index >= 15 is 0 Å². The molecule has 0 bridgehead atoms. The molecule has 4 aromatic rings. The number of rotatable bonds is 9. The average molecular weight is 615 g/mol. The summed E-state index contributed by atoms with van der Waals surface area (Å²) >= 11 is 0. The highest BCUT2D eigenvalue weighted by Crippen LogP contribution is 2.37. The number of allylic oxidation sites excluding steroid dienone is 2. The van der Waals surface area contributed by atoms with Crippen molar-refractivity contribution in [2.45, 2.75) is 38.1 Å². The molecule has 10 heteroatoms. The number of hydrogen-bond acceptors (Lipinski definition) is 6. The molecular formula is C34H40F2N6OSi. The lowest BCUT2D eigenvalue weighted by Crippen LogP contribution is -2.60. The summed E-state index contributed by atoms with van der Waals surface area (Å²) in [6.45, 7) is 11.7. The van der Waals surface area contributed by atoms with Gasteiger partial charge in [0.15, 0.2) is 0 Å². The number of likely N-dealkylation sites (N-methyl/N-ethyl adjacent to an activating group) is 1. The van der Waals surface area contributed by atoms with Crippen molar-refractivity contribution in [3.63, 3.8) is 0 Å². The fraction of sp³-hybridized carbons (Fsp3) is 0.353. The van der Waals surface area contributed by atoms with Gasteiger partial charge < -0.3 is 15.0 Å². The minimum absolute atomic E-state index is 0.312. The highest BCUT2D eigenvalue weighted by atomic mass is 28.3. The third-order valence-electron chi connectivity index (χ3n) is 8.46. The molecule has 0 spiro atoms. The van der Waals surface area contributed by atoms with Gasteiger partial charge in [0.2, 0.25) is 0 Å². The van der Waals surface area contributed by atoms with Gasteiger partial charge >= 0.3 is 0 Å². The number of piperazine rings is 1. The summed E-state index contributed by atoms with van der Waals surface area (Å²) in [5.74, 6) is -1.22. The predicted molar refractivity (Wildman–Crippen MR) is 174 cm³/mol. The first-order valence-electron chi connectivity index (χ1n) is 15.2. The molecular weight excluding hydrogens is 574 g/mol. The zero-order valence-corrected chi connectivity index (χ0v) is 26.9. The Labute approximate surface area is 258 Å². The number of fused-ring (bicyclic) bond motifs is 1. The van der Waals surface area contributed by atoms with E-state index in [-0.39, 0.29) is 0 Å². The van der Waals surface area contributed by atoms with Crippen LogP contribution in [0.3, 0.4) is 0 Å². The van der Waals surface area contributed by atoms with Crippen molar-refractivity contribution >= 4 is 24.7 Å². The van der Waals surface area contributed by atoms with Gasteiger partial charge in [0.05, 0.1) is 11.2 Å².